The quantitative estimate of drug-likeness (QED) is 0.824. The Morgan fingerprint density at radius 3 is 2.64 bits per heavy atom. The molecule has 0 radical (unpaired) electrons. The number of amides is 1. The van der Waals surface area contributed by atoms with Crippen LogP contribution >= 0.6 is 11.6 Å². The predicted molar refractivity (Wildman–Crippen MR) is 92.0 cm³/mol. The summed E-state index contributed by atoms with van der Waals surface area (Å²) >= 11 is 5.88. The summed E-state index contributed by atoms with van der Waals surface area (Å²) in [7, 11) is 1.76. The third-order valence-corrected chi connectivity index (χ3v) is 4.17. The molecule has 0 bridgehead atoms. The molecule has 0 aliphatic heterocycles. The molecule has 1 aromatic heterocycles. The van der Waals surface area contributed by atoms with Gasteiger partial charge in [-0.1, -0.05) is 17.7 Å². The van der Waals surface area contributed by atoms with Crippen LogP contribution < -0.4 is 5.32 Å². The van der Waals surface area contributed by atoms with Crippen LogP contribution in [0.4, 0.5) is 10.1 Å². The second-order valence-electron chi connectivity index (χ2n) is 5.67. The lowest BCUT2D eigenvalue weighted by molar-refractivity contribution is -0.152. The maximum absolute atomic E-state index is 13.7. The summed E-state index contributed by atoms with van der Waals surface area (Å²) in [5.41, 5.74) is 2.06. The minimum absolute atomic E-state index is 0.0423. The number of hydrogen-bond acceptors (Lipinski definition) is 4. The number of esters is 1. The number of halogens is 2. The highest BCUT2D eigenvalue weighted by Gasteiger charge is 2.22. The SMILES string of the molecule is Cc1nn(C)c(C)c1NC(=O)[C@H](C)OC(=O)Cc1c(F)cccc1Cl. The highest BCUT2D eigenvalue weighted by molar-refractivity contribution is 6.31. The first kappa shape index (κ1) is 18.9. The third-order valence-electron chi connectivity index (χ3n) is 3.82. The maximum atomic E-state index is 13.7. The van der Waals surface area contributed by atoms with Gasteiger partial charge in [0.05, 0.1) is 23.5 Å². The maximum Gasteiger partial charge on any atom is 0.311 e. The number of carbonyl (C=O) groups is 2. The van der Waals surface area contributed by atoms with E-state index in [1.807, 2.05) is 6.92 Å². The first-order valence-corrected chi connectivity index (χ1v) is 8.02. The zero-order valence-electron chi connectivity index (χ0n) is 14.4. The van der Waals surface area contributed by atoms with Crippen molar-refractivity contribution in [1.29, 1.82) is 0 Å². The van der Waals surface area contributed by atoms with E-state index in [9.17, 15) is 14.0 Å². The Balaban J connectivity index is 2.00. The number of benzene rings is 1. The largest absolute Gasteiger partial charge is 0.452 e. The van der Waals surface area contributed by atoms with Crippen molar-refractivity contribution in [3.8, 4) is 0 Å². The average Bonchev–Trinajstić information content (AvgIpc) is 2.77. The van der Waals surface area contributed by atoms with Crippen LogP contribution in [0.2, 0.25) is 5.02 Å². The van der Waals surface area contributed by atoms with Crippen LogP contribution in [0.3, 0.4) is 0 Å². The molecule has 0 unspecified atom stereocenters. The van der Waals surface area contributed by atoms with Gasteiger partial charge >= 0.3 is 5.97 Å². The Labute approximate surface area is 149 Å². The van der Waals surface area contributed by atoms with Gasteiger partial charge in [-0.05, 0) is 32.9 Å². The topological polar surface area (TPSA) is 73.2 Å². The highest BCUT2D eigenvalue weighted by Crippen LogP contribution is 2.21. The van der Waals surface area contributed by atoms with Crippen molar-refractivity contribution >= 4 is 29.2 Å². The lowest BCUT2D eigenvalue weighted by Crippen LogP contribution is -2.31. The molecule has 0 aliphatic rings. The van der Waals surface area contributed by atoms with Gasteiger partial charge in [-0.3, -0.25) is 14.3 Å². The van der Waals surface area contributed by atoms with E-state index >= 15 is 0 Å². The monoisotopic (exact) mass is 367 g/mol. The summed E-state index contributed by atoms with van der Waals surface area (Å²) in [6.07, 6.45) is -1.40. The minimum Gasteiger partial charge on any atom is -0.452 e. The van der Waals surface area contributed by atoms with Crippen molar-refractivity contribution in [3.63, 3.8) is 0 Å². The average molecular weight is 368 g/mol. The van der Waals surface area contributed by atoms with Gasteiger partial charge in [0, 0.05) is 17.6 Å². The second kappa shape index (κ2) is 7.65. The molecule has 2 aromatic rings. The Hall–Kier alpha value is -2.41. The number of ether oxygens (including phenoxy) is 1. The molecule has 1 heterocycles. The highest BCUT2D eigenvalue weighted by atomic mass is 35.5. The first-order chi connectivity index (χ1) is 11.7. The van der Waals surface area contributed by atoms with Crippen molar-refractivity contribution in [2.45, 2.75) is 33.3 Å². The number of nitrogens with one attached hydrogen (secondary N) is 1. The molecule has 1 atom stereocenters. The summed E-state index contributed by atoms with van der Waals surface area (Å²) in [4.78, 5) is 24.2. The summed E-state index contributed by atoms with van der Waals surface area (Å²) in [5.74, 6) is -1.83. The van der Waals surface area contributed by atoms with Crippen molar-refractivity contribution in [1.82, 2.24) is 9.78 Å². The summed E-state index contributed by atoms with van der Waals surface area (Å²) in [6, 6.07) is 4.14. The molecule has 1 aromatic carbocycles. The fourth-order valence-electron chi connectivity index (χ4n) is 2.32. The van der Waals surface area contributed by atoms with Crippen molar-refractivity contribution in [3.05, 3.63) is 46.0 Å². The van der Waals surface area contributed by atoms with Crippen LogP contribution in [0.25, 0.3) is 0 Å². The number of nitrogens with zero attached hydrogens (tertiary/aromatic N) is 2. The van der Waals surface area contributed by atoms with Gasteiger partial charge in [-0.2, -0.15) is 5.10 Å². The van der Waals surface area contributed by atoms with Crippen LogP contribution in [0.15, 0.2) is 18.2 Å². The molecule has 0 fully saturated rings. The van der Waals surface area contributed by atoms with E-state index in [4.69, 9.17) is 16.3 Å². The Kier molecular flexibility index (Phi) is 5.79. The second-order valence-corrected chi connectivity index (χ2v) is 6.07. The molecular formula is C17H19ClFN3O3. The van der Waals surface area contributed by atoms with E-state index < -0.39 is 23.8 Å². The van der Waals surface area contributed by atoms with Gasteiger partial charge in [0.25, 0.3) is 5.91 Å². The fraction of sp³-hybridized carbons (Fsp3) is 0.353. The molecule has 0 saturated heterocycles. The molecule has 0 saturated carbocycles. The molecule has 0 spiro atoms. The van der Waals surface area contributed by atoms with Crippen molar-refractivity contribution in [2.75, 3.05) is 5.32 Å². The van der Waals surface area contributed by atoms with Gasteiger partial charge in [0.2, 0.25) is 0 Å². The van der Waals surface area contributed by atoms with Crippen LogP contribution in [-0.4, -0.2) is 27.8 Å². The third kappa shape index (κ3) is 4.36. The summed E-state index contributed by atoms with van der Waals surface area (Å²) in [6.45, 7) is 5.02. The molecule has 1 amide bonds. The van der Waals surface area contributed by atoms with Gasteiger partial charge < -0.3 is 10.1 Å². The Bertz CT molecular complexity index is 799. The molecule has 0 aliphatic carbocycles. The van der Waals surface area contributed by atoms with E-state index in [1.165, 1.54) is 25.1 Å². The smallest absolute Gasteiger partial charge is 0.311 e. The lowest BCUT2D eigenvalue weighted by Gasteiger charge is -2.14. The zero-order valence-corrected chi connectivity index (χ0v) is 15.1. The van der Waals surface area contributed by atoms with Crippen molar-refractivity contribution in [2.24, 2.45) is 7.05 Å². The first-order valence-electron chi connectivity index (χ1n) is 7.64. The molecule has 1 N–H and O–H groups in total. The Morgan fingerprint density at radius 1 is 1.40 bits per heavy atom. The molecule has 2 rings (SSSR count). The number of hydrogen-bond donors (Lipinski definition) is 1. The lowest BCUT2D eigenvalue weighted by atomic mass is 10.1. The van der Waals surface area contributed by atoms with E-state index in [-0.39, 0.29) is 17.0 Å². The zero-order chi connectivity index (χ0) is 18.7. The summed E-state index contributed by atoms with van der Waals surface area (Å²) < 4.78 is 20.4. The molecule has 25 heavy (non-hydrogen) atoms. The van der Waals surface area contributed by atoms with Crippen LogP contribution in [0.1, 0.15) is 23.9 Å². The predicted octanol–water partition coefficient (Wildman–Crippen LogP) is 2.94. The van der Waals surface area contributed by atoms with Crippen molar-refractivity contribution < 1.29 is 18.7 Å². The van der Waals surface area contributed by atoms with Gasteiger partial charge in [0.1, 0.15) is 5.82 Å². The summed E-state index contributed by atoms with van der Waals surface area (Å²) in [5, 5.41) is 7.02. The molecular weight excluding hydrogens is 349 g/mol. The van der Waals surface area contributed by atoms with Gasteiger partial charge in [-0.25, -0.2) is 4.39 Å². The minimum atomic E-state index is -1.04. The van der Waals surface area contributed by atoms with Gasteiger partial charge in [-0.15, -0.1) is 0 Å². The fourth-order valence-corrected chi connectivity index (χ4v) is 2.55. The number of anilines is 1. The number of aromatic nitrogens is 2. The van der Waals surface area contributed by atoms with E-state index in [2.05, 4.69) is 10.4 Å². The molecule has 8 heteroatoms. The number of rotatable bonds is 5. The number of carbonyl (C=O) groups excluding carboxylic acids is 2. The van der Waals surface area contributed by atoms with Crippen LogP contribution in [-0.2, 0) is 27.8 Å². The molecule has 134 valence electrons. The van der Waals surface area contributed by atoms with Crippen LogP contribution in [0, 0.1) is 19.7 Å². The number of aryl methyl sites for hydroxylation is 2. The van der Waals surface area contributed by atoms with E-state index in [0.29, 0.717) is 11.4 Å². The standard InChI is InChI=1S/C17H19ClFN3O3/c1-9-16(10(2)22(4)21-9)20-17(24)11(3)25-15(23)8-12-13(18)6-5-7-14(12)19/h5-7,11H,8H2,1-4H3,(H,20,24)/t11-/m0/s1. The molecule has 6 nitrogen and oxygen atoms in total. The van der Waals surface area contributed by atoms with Gasteiger partial charge in [0.15, 0.2) is 6.10 Å². The van der Waals surface area contributed by atoms with Crippen LogP contribution in [0.5, 0.6) is 0 Å². The Morgan fingerprint density at radius 2 is 2.08 bits per heavy atom. The van der Waals surface area contributed by atoms with E-state index in [0.717, 1.165) is 5.69 Å². The normalized spacial score (nSPS) is 11.9. The van der Waals surface area contributed by atoms with E-state index in [1.54, 1.807) is 18.7 Å².